The van der Waals surface area contributed by atoms with Crippen LogP contribution in [0.1, 0.15) is 42.4 Å². The topological polar surface area (TPSA) is 74.8 Å². The Morgan fingerprint density at radius 1 is 1.29 bits per heavy atom. The molecule has 5 nitrogen and oxygen atoms in total. The van der Waals surface area contributed by atoms with Crippen LogP contribution in [0.15, 0.2) is 29.2 Å². The van der Waals surface area contributed by atoms with Crippen LogP contribution in [0, 0.1) is 13.8 Å². The maximum atomic E-state index is 12.6. The first-order chi connectivity index (χ1) is 9.86. The maximum Gasteiger partial charge on any atom is 0.241 e. The highest BCUT2D eigenvalue weighted by Gasteiger charge is 2.23. The number of hydrogen-bond donors (Lipinski definition) is 2. The van der Waals surface area contributed by atoms with Crippen LogP contribution in [-0.4, -0.2) is 18.6 Å². The monoisotopic (exact) mass is 307 g/mol. The van der Waals surface area contributed by atoms with Crippen molar-refractivity contribution in [2.75, 3.05) is 0 Å². The van der Waals surface area contributed by atoms with E-state index < -0.39 is 10.0 Å². The number of aryl methyl sites for hydroxylation is 3. The van der Waals surface area contributed by atoms with E-state index in [2.05, 4.69) is 14.9 Å². The molecular formula is C15H21N3O2S. The Hall–Kier alpha value is -1.66. The van der Waals surface area contributed by atoms with Crippen molar-refractivity contribution in [1.82, 2.24) is 14.9 Å². The number of aromatic nitrogens is 2. The maximum absolute atomic E-state index is 12.6. The molecule has 2 rings (SSSR count). The van der Waals surface area contributed by atoms with Crippen LogP contribution >= 0.6 is 0 Å². The summed E-state index contributed by atoms with van der Waals surface area (Å²) < 4.78 is 27.9. The van der Waals surface area contributed by atoms with Crippen LogP contribution in [-0.2, 0) is 16.4 Å². The lowest BCUT2D eigenvalue weighted by Gasteiger charge is -2.16. The SMILES string of the molecule is CCc1ccccc1S(=O)(=O)N[C@H](C)c1c(C)n[nH]c1C. The van der Waals surface area contributed by atoms with Gasteiger partial charge in [-0.3, -0.25) is 5.10 Å². The summed E-state index contributed by atoms with van der Waals surface area (Å²) in [5.74, 6) is 0. The predicted octanol–water partition coefficient (Wildman–Crippen LogP) is 2.63. The van der Waals surface area contributed by atoms with Crippen molar-refractivity contribution < 1.29 is 8.42 Å². The standard InChI is InChI=1S/C15H21N3O2S/c1-5-13-8-6-7-9-14(13)21(19,20)18-12(4)15-10(2)16-17-11(15)3/h6-9,12,18H,5H2,1-4H3,(H,16,17)/t12-/m1/s1. The van der Waals surface area contributed by atoms with Crippen LogP contribution in [0.5, 0.6) is 0 Å². The van der Waals surface area contributed by atoms with E-state index in [4.69, 9.17) is 0 Å². The second-order valence-corrected chi connectivity index (χ2v) is 6.83. The third-order valence-corrected chi connectivity index (χ3v) is 5.23. The third-order valence-electron chi connectivity index (χ3n) is 3.59. The fourth-order valence-electron chi connectivity index (χ4n) is 2.61. The van der Waals surface area contributed by atoms with Gasteiger partial charge in [0.05, 0.1) is 10.6 Å². The average molecular weight is 307 g/mol. The summed E-state index contributed by atoms with van der Waals surface area (Å²) in [6.07, 6.45) is 0.676. The van der Waals surface area contributed by atoms with Crippen LogP contribution in [0.25, 0.3) is 0 Å². The Morgan fingerprint density at radius 3 is 2.52 bits per heavy atom. The number of benzene rings is 1. The van der Waals surface area contributed by atoms with Gasteiger partial charge in [-0.2, -0.15) is 5.10 Å². The van der Waals surface area contributed by atoms with Gasteiger partial charge in [-0.1, -0.05) is 25.1 Å². The Balaban J connectivity index is 2.34. The van der Waals surface area contributed by atoms with Crippen LogP contribution < -0.4 is 4.72 Å². The minimum Gasteiger partial charge on any atom is -0.282 e. The van der Waals surface area contributed by atoms with Crippen molar-refractivity contribution in [2.45, 2.75) is 45.1 Å². The first-order valence-corrected chi connectivity index (χ1v) is 8.46. The van der Waals surface area contributed by atoms with Gasteiger partial charge in [-0.25, -0.2) is 13.1 Å². The van der Waals surface area contributed by atoms with Crippen LogP contribution in [0.4, 0.5) is 0 Å². The highest BCUT2D eigenvalue weighted by atomic mass is 32.2. The molecular weight excluding hydrogens is 286 g/mol. The molecule has 2 N–H and O–H groups in total. The lowest BCUT2D eigenvalue weighted by atomic mass is 10.1. The van der Waals surface area contributed by atoms with Crippen molar-refractivity contribution in [3.05, 3.63) is 46.8 Å². The van der Waals surface area contributed by atoms with Crippen molar-refractivity contribution in [1.29, 1.82) is 0 Å². The molecule has 0 bridgehead atoms. The molecule has 21 heavy (non-hydrogen) atoms. The van der Waals surface area contributed by atoms with E-state index >= 15 is 0 Å². The van der Waals surface area contributed by atoms with E-state index in [0.717, 1.165) is 22.5 Å². The second-order valence-electron chi connectivity index (χ2n) is 5.15. The van der Waals surface area contributed by atoms with Gasteiger partial charge in [0.15, 0.2) is 0 Å². The molecule has 114 valence electrons. The minimum atomic E-state index is -3.55. The van der Waals surface area contributed by atoms with E-state index in [0.29, 0.717) is 11.3 Å². The molecule has 0 unspecified atom stereocenters. The number of aromatic amines is 1. The molecule has 1 atom stereocenters. The molecule has 1 heterocycles. The third kappa shape index (κ3) is 3.16. The molecule has 1 aromatic carbocycles. The number of rotatable bonds is 5. The lowest BCUT2D eigenvalue weighted by Crippen LogP contribution is -2.28. The van der Waals surface area contributed by atoms with Crippen molar-refractivity contribution in [3.63, 3.8) is 0 Å². The number of sulfonamides is 1. The lowest BCUT2D eigenvalue weighted by molar-refractivity contribution is 0.565. The van der Waals surface area contributed by atoms with Gasteiger partial charge < -0.3 is 0 Å². The first-order valence-electron chi connectivity index (χ1n) is 6.98. The molecule has 0 aliphatic heterocycles. The fraction of sp³-hybridized carbons (Fsp3) is 0.400. The highest BCUT2D eigenvalue weighted by Crippen LogP contribution is 2.23. The zero-order chi connectivity index (χ0) is 15.6. The van der Waals surface area contributed by atoms with E-state index in [1.54, 1.807) is 12.1 Å². The van der Waals surface area contributed by atoms with Crippen LogP contribution in [0.2, 0.25) is 0 Å². The van der Waals surface area contributed by atoms with E-state index in [1.165, 1.54) is 0 Å². The van der Waals surface area contributed by atoms with Crippen molar-refractivity contribution >= 4 is 10.0 Å². The summed E-state index contributed by atoms with van der Waals surface area (Å²) in [4.78, 5) is 0.346. The van der Waals surface area contributed by atoms with Gasteiger partial charge >= 0.3 is 0 Å². The molecule has 0 saturated heterocycles. The number of nitrogens with zero attached hydrogens (tertiary/aromatic N) is 1. The minimum absolute atomic E-state index is 0.335. The number of nitrogens with one attached hydrogen (secondary N) is 2. The molecule has 0 fully saturated rings. The first kappa shape index (κ1) is 15.7. The van der Waals surface area contributed by atoms with Gasteiger partial charge in [0.2, 0.25) is 10.0 Å². The normalized spacial score (nSPS) is 13.3. The van der Waals surface area contributed by atoms with E-state index in [-0.39, 0.29) is 6.04 Å². The van der Waals surface area contributed by atoms with Gasteiger partial charge in [0.1, 0.15) is 0 Å². The Bertz CT molecular complexity index is 716. The molecule has 0 aliphatic rings. The summed E-state index contributed by atoms with van der Waals surface area (Å²) in [7, 11) is -3.55. The van der Waals surface area contributed by atoms with Gasteiger partial charge in [-0.15, -0.1) is 0 Å². The Morgan fingerprint density at radius 2 is 1.95 bits per heavy atom. The summed E-state index contributed by atoms with van der Waals surface area (Å²) in [6.45, 7) is 7.53. The second kappa shape index (κ2) is 5.99. The molecule has 0 amide bonds. The molecule has 0 spiro atoms. The summed E-state index contributed by atoms with van der Waals surface area (Å²) in [6, 6.07) is 6.74. The molecule has 2 aromatic rings. The average Bonchev–Trinajstić information content (AvgIpc) is 2.77. The fourth-order valence-corrected chi connectivity index (χ4v) is 4.14. The summed E-state index contributed by atoms with van der Waals surface area (Å²) in [5, 5.41) is 6.99. The highest BCUT2D eigenvalue weighted by molar-refractivity contribution is 7.89. The molecule has 0 radical (unpaired) electrons. The summed E-state index contributed by atoms with van der Waals surface area (Å²) in [5.41, 5.74) is 3.41. The summed E-state index contributed by atoms with van der Waals surface area (Å²) >= 11 is 0. The molecule has 0 saturated carbocycles. The predicted molar refractivity (Wildman–Crippen MR) is 82.6 cm³/mol. The number of hydrogen-bond acceptors (Lipinski definition) is 3. The van der Waals surface area contributed by atoms with Gasteiger partial charge in [0.25, 0.3) is 0 Å². The molecule has 1 aromatic heterocycles. The van der Waals surface area contributed by atoms with E-state index in [9.17, 15) is 8.42 Å². The molecule has 6 heteroatoms. The van der Waals surface area contributed by atoms with Gasteiger partial charge in [-0.05, 0) is 38.8 Å². The molecule has 0 aliphatic carbocycles. The Kier molecular flexibility index (Phi) is 4.49. The Labute approximate surface area is 125 Å². The quantitative estimate of drug-likeness (QED) is 0.891. The zero-order valence-electron chi connectivity index (χ0n) is 12.8. The largest absolute Gasteiger partial charge is 0.282 e. The van der Waals surface area contributed by atoms with Gasteiger partial charge in [0, 0.05) is 17.3 Å². The van der Waals surface area contributed by atoms with Crippen LogP contribution in [0.3, 0.4) is 0 Å². The van der Waals surface area contributed by atoms with E-state index in [1.807, 2.05) is 39.8 Å². The smallest absolute Gasteiger partial charge is 0.241 e. The van der Waals surface area contributed by atoms with Crippen molar-refractivity contribution in [2.24, 2.45) is 0 Å². The van der Waals surface area contributed by atoms with Crippen molar-refractivity contribution in [3.8, 4) is 0 Å². The zero-order valence-corrected chi connectivity index (χ0v) is 13.6. The number of H-pyrrole nitrogens is 1.